The Balaban J connectivity index is 2.60. The molecule has 0 heterocycles. The van der Waals surface area contributed by atoms with Crippen molar-refractivity contribution in [1.82, 2.24) is 0 Å². The molecule has 0 unspecified atom stereocenters. The summed E-state index contributed by atoms with van der Waals surface area (Å²) >= 11 is 3.34. The minimum atomic E-state index is -1.31. The Bertz CT molecular complexity index is 783. The first-order chi connectivity index (χ1) is 10.1. The zero-order valence-electron chi connectivity index (χ0n) is 10.7. The minimum absolute atomic E-state index is 0.119. The number of nitrogens with two attached hydrogens (primary N) is 1. The van der Waals surface area contributed by atoms with Gasteiger partial charge in [0, 0.05) is 10.4 Å². The molecule has 6 heteroatoms. The minimum Gasteiger partial charge on any atom is -0.399 e. The number of hydrogen-bond acceptors (Lipinski definition) is 5. The van der Waals surface area contributed by atoms with Gasteiger partial charge in [-0.2, -0.15) is 21.0 Å². The van der Waals surface area contributed by atoms with Crippen LogP contribution in [0.5, 0.6) is 0 Å². The number of nitrogens with zero attached hydrogens (tertiary/aromatic N) is 4. The lowest BCUT2D eigenvalue weighted by Gasteiger charge is -2.09. The highest BCUT2D eigenvalue weighted by Gasteiger charge is 2.69. The Morgan fingerprint density at radius 2 is 1.86 bits per heavy atom. The van der Waals surface area contributed by atoms with Gasteiger partial charge in [0.25, 0.3) is 0 Å². The van der Waals surface area contributed by atoms with E-state index >= 15 is 0 Å². The standard InChI is InChI=1S/C15H8BrN5/c16-11-3-1-2-9(4-11)13-12(7-19)15(13,8-20)14(21)10(5-17)6-18/h1-4,12-13H,21H2/t12-,13+,15+/m0/s1. The van der Waals surface area contributed by atoms with Crippen molar-refractivity contribution < 1.29 is 0 Å². The van der Waals surface area contributed by atoms with Crippen LogP contribution in [-0.4, -0.2) is 0 Å². The van der Waals surface area contributed by atoms with Gasteiger partial charge >= 0.3 is 0 Å². The largest absolute Gasteiger partial charge is 0.399 e. The van der Waals surface area contributed by atoms with Gasteiger partial charge in [-0.3, -0.25) is 0 Å². The lowest BCUT2D eigenvalue weighted by atomic mass is 9.94. The first kappa shape index (κ1) is 14.6. The average Bonchev–Trinajstić information content (AvgIpc) is 3.17. The molecule has 5 nitrogen and oxygen atoms in total. The van der Waals surface area contributed by atoms with Crippen molar-refractivity contribution in [2.24, 2.45) is 17.1 Å². The van der Waals surface area contributed by atoms with Gasteiger partial charge in [0.05, 0.1) is 23.8 Å². The topological polar surface area (TPSA) is 121 Å². The van der Waals surface area contributed by atoms with E-state index in [4.69, 9.17) is 16.3 Å². The van der Waals surface area contributed by atoms with E-state index < -0.39 is 17.3 Å². The van der Waals surface area contributed by atoms with Crippen LogP contribution in [0.15, 0.2) is 40.0 Å². The zero-order chi connectivity index (χ0) is 15.6. The molecule has 2 rings (SSSR count). The molecule has 0 aromatic heterocycles. The third kappa shape index (κ3) is 2.03. The van der Waals surface area contributed by atoms with Crippen LogP contribution in [0.2, 0.25) is 0 Å². The van der Waals surface area contributed by atoms with E-state index in [1.54, 1.807) is 30.3 Å². The molecule has 21 heavy (non-hydrogen) atoms. The summed E-state index contributed by atoms with van der Waals surface area (Å²) in [6, 6.07) is 14.7. The summed E-state index contributed by atoms with van der Waals surface area (Å²) in [5.74, 6) is -1.12. The Morgan fingerprint density at radius 1 is 1.19 bits per heavy atom. The molecule has 0 bridgehead atoms. The smallest absolute Gasteiger partial charge is 0.150 e. The van der Waals surface area contributed by atoms with Crippen LogP contribution >= 0.6 is 15.9 Å². The predicted octanol–water partition coefficient (Wildman–Crippen LogP) is 2.46. The first-order valence-electron chi connectivity index (χ1n) is 5.93. The molecule has 1 aromatic rings. The van der Waals surface area contributed by atoms with E-state index in [2.05, 4.69) is 22.0 Å². The van der Waals surface area contributed by atoms with Crippen molar-refractivity contribution in [2.75, 3.05) is 0 Å². The fourth-order valence-electron chi connectivity index (χ4n) is 2.61. The maximum absolute atomic E-state index is 9.52. The van der Waals surface area contributed by atoms with Gasteiger partial charge in [-0.1, -0.05) is 28.1 Å². The highest BCUT2D eigenvalue weighted by atomic mass is 79.9. The van der Waals surface area contributed by atoms with Gasteiger partial charge in [-0.25, -0.2) is 0 Å². The number of rotatable bonds is 2. The van der Waals surface area contributed by atoms with Gasteiger partial charge in [0.2, 0.25) is 0 Å². The van der Waals surface area contributed by atoms with Crippen molar-refractivity contribution >= 4 is 15.9 Å². The second kappa shape index (κ2) is 5.29. The van der Waals surface area contributed by atoms with Crippen LogP contribution in [0.1, 0.15) is 11.5 Å². The van der Waals surface area contributed by atoms with Gasteiger partial charge < -0.3 is 5.73 Å². The van der Waals surface area contributed by atoms with Gasteiger partial charge in [-0.15, -0.1) is 0 Å². The van der Waals surface area contributed by atoms with Crippen molar-refractivity contribution in [2.45, 2.75) is 5.92 Å². The molecule has 0 amide bonds. The maximum Gasteiger partial charge on any atom is 0.150 e. The Labute approximate surface area is 130 Å². The van der Waals surface area contributed by atoms with E-state index in [0.29, 0.717) is 0 Å². The number of halogens is 1. The molecule has 1 aromatic carbocycles. The molecule has 0 aliphatic heterocycles. The molecule has 3 atom stereocenters. The lowest BCUT2D eigenvalue weighted by Crippen LogP contribution is -2.17. The van der Waals surface area contributed by atoms with Crippen LogP contribution < -0.4 is 5.73 Å². The quantitative estimate of drug-likeness (QED) is 0.830. The summed E-state index contributed by atoms with van der Waals surface area (Å²) < 4.78 is 0.818. The Hall–Kier alpha value is -2.80. The molecular formula is C15H8BrN5. The summed E-state index contributed by atoms with van der Waals surface area (Å²) in [7, 11) is 0. The number of benzene rings is 1. The summed E-state index contributed by atoms with van der Waals surface area (Å²) in [4.78, 5) is 0. The van der Waals surface area contributed by atoms with E-state index in [9.17, 15) is 10.5 Å². The first-order valence-corrected chi connectivity index (χ1v) is 6.72. The van der Waals surface area contributed by atoms with Crippen LogP contribution in [0, 0.1) is 56.7 Å². The Kier molecular flexibility index (Phi) is 3.68. The average molecular weight is 338 g/mol. The number of allylic oxidation sites excluding steroid dienone is 2. The third-order valence-electron chi connectivity index (χ3n) is 3.68. The molecule has 0 saturated heterocycles. The van der Waals surface area contributed by atoms with Crippen LogP contribution in [0.25, 0.3) is 0 Å². The number of nitriles is 4. The van der Waals surface area contributed by atoms with Gasteiger partial charge in [-0.05, 0) is 17.7 Å². The summed E-state index contributed by atoms with van der Waals surface area (Å²) in [5.41, 5.74) is 4.91. The predicted molar refractivity (Wildman–Crippen MR) is 76.5 cm³/mol. The summed E-state index contributed by atoms with van der Waals surface area (Å²) in [5, 5.41) is 36.7. The molecule has 1 saturated carbocycles. The summed E-state index contributed by atoms with van der Waals surface area (Å²) in [6.45, 7) is 0. The SMILES string of the molecule is N#CC(C#N)=C(N)[C@@]1(C#N)[C@H](c2cccc(Br)c2)[C@@H]1C#N. The van der Waals surface area contributed by atoms with E-state index in [1.807, 2.05) is 12.1 Å². The molecule has 2 N–H and O–H groups in total. The van der Waals surface area contributed by atoms with Gasteiger partial charge in [0.15, 0.2) is 0 Å². The molecule has 1 aliphatic carbocycles. The fraction of sp³-hybridized carbons (Fsp3) is 0.200. The van der Waals surface area contributed by atoms with Crippen molar-refractivity contribution in [3.05, 3.63) is 45.6 Å². The third-order valence-corrected chi connectivity index (χ3v) is 4.17. The molecule has 0 radical (unpaired) electrons. The second-order valence-corrected chi connectivity index (χ2v) is 5.55. The molecule has 1 aliphatic rings. The molecule has 1 fully saturated rings. The van der Waals surface area contributed by atoms with Crippen LogP contribution in [0.4, 0.5) is 0 Å². The number of hydrogen-bond donors (Lipinski definition) is 1. The van der Waals surface area contributed by atoms with Gasteiger partial charge in [0.1, 0.15) is 23.1 Å². The fourth-order valence-corrected chi connectivity index (χ4v) is 3.02. The van der Waals surface area contributed by atoms with E-state index in [-0.39, 0.29) is 11.3 Å². The Morgan fingerprint density at radius 3 is 2.33 bits per heavy atom. The summed E-state index contributed by atoms with van der Waals surface area (Å²) in [6.07, 6.45) is 0. The lowest BCUT2D eigenvalue weighted by molar-refractivity contribution is 0.719. The molecule has 100 valence electrons. The van der Waals surface area contributed by atoms with Crippen LogP contribution in [0.3, 0.4) is 0 Å². The van der Waals surface area contributed by atoms with Crippen molar-refractivity contribution in [3.63, 3.8) is 0 Å². The van der Waals surface area contributed by atoms with Crippen LogP contribution in [-0.2, 0) is 0 Å². The normalized spacial score (nSPS) is 25.6. The highest BCUT2D eigenvalue weighted by Crippen LogP contribution is 2.67. The van der Waals surface area contributed by atoms with E-state index in [1.165, 1.54) is 0 Å². The molecule has 0 spiro atoms. The van der Waals surface area contributed by atoms with Crippen molar-refractivity contribution in [1.29, 1.82) is 21.0 Å². The maximum atomic E-state index is 9.52. The van der Waals surface area contributed by atoms with E-state index in [0.717, 1.165) is 10.0 Å². The zero-order valence-corrected chi connectivity index (χ0v) is 12.3. The monoisotopic (exact) mass is 337 g/mol. The molecular weight excluding hydrogens is 330 g/mol. The highest BCUT2D eigenvalue weighted by molar-refractivity contribution is 9.10. The van der Waals surface area contributed by atoms with Crippen molar-refractivity contribution in [3.8, 4) is 24.3 Å². The second-order valence-electron chi connectivity index (χ2n) is 4.63.